The number of ether oxygens (including phenoxy) is 1. The van der Waals surface area contributed by atoms with Crippen LogP contribution in [0.4, 0.5) is 5.82 Å². The molecule has 0 bridgehead atoms. The Balaban J connectivity index is 2.13. The molecule has 0 aliphatic carbocycles. The van der Waals surface area contributed by atoms with Crippen molar-refractivity contribution >= 4 is 17.4 Å². The number of rotatable bonds is 4. The van der Waals surface area contributed by atoms with Crippen LogP contribution >= 0.6 is 11.6 Å². The number of anilines is 1. The van der Waals surface area contributed by atoms with Crippen molar-refractivity contribution in [3.05, 3.63) is 11.9 Å². The van der Waals surface area contributed by atoms with Crippen molar-refractivity contribution in [3.63, 3.8) is 0 Å². The predicted molar refractivity (Wildman–Crippen MR) is 69.0 cm³/mol. The maximum absolute atomic E-state index is 5.79. The maximum atomic E-state index is 5.79. The van der Waals surface area contributed by atoms with Crippen LogP contribution in [0.2, 0.25) is 0 Å². The minimum Gasteiger partial charge on any atom is -0.481 e. The monoisotopic (exact) mass is 255 g/mol. The minimum absolute atomic E-state index is 0.663. The molecule has 1 aliphatic rings. The lowest BCUT2D eigenvalue weighted by molar-refractivity contribution is 0.393. The normalized spacial score (nSPS) is 19.7. The van der Waals surface area contributed by atoms with Gasteiger partial charge in [0.05, 0.1) is 12.7 Å². The number of methoxy groups -OCH3 is 1. The standard InChI is InChI=1S/C12H18ClN3O/c1-9-11(14-8-15-12(9)17-2)16-6-4-10(7-16)3-5-13/h8,10H,3-7H2,1-2H3. The first-order valence-corrected chi connectivity index (χ1v) is 6.46. The Bertz CT molecular complexity index is 386. The van der Waals surface area contributed by atoms with Crippen molar-refractivity contribution in [2.75, 3.05) is 31.0 Å². The third kappa shape index (κ3) is 2.63. The van der Waals surface area contributed by atoms with Crippen molar-refractivity contribution < 1.29 is 4.74 Å². The van der Waals surface area contributed by atoms with Crippen LogP contribution in [0.15, 0.2) is 6.33 Å². The van der Waals surface area contributed by atoms with Gasteiger partial charge in [-0.05, 0) is 25.7 Å². The maximum Gasteiger partial charge on any atom is 0.221 e. The number of hydrogen-bond donors (Lipinski definition) is 0. The van der Waals surface area contributed by atoms with Crippen molar-refractivity contribution in [3.8, 4) is 5.88 Å². The zero-order valence-electron chi connectivity index (χ0n) is 10.3. The highest BCUT2D eigenvalue weighted by molar-refractivity contribution is 6.17. The lowest BCUT2D eigenvalue weighted by Crippen LogP contribution is -2.22. The molecule has 1 aromatic rings. The highest BCUT2D eigenvalue weighted by atomic mass is 35.5. The van der Waals surface area contributed by atoms with E-state index in [0.29, 0.717) is 11.8 Å². The molecule has 0 amide bonds. The van der Waals surface area contributed by atoms with Crippen LogP contribution in [0.1, 0.15) is 18.4 Å². The zero-order chi connectivity index (χ0) is 12.3. The van der Waals surface area contributed by atoms with Crippen LogP contribution in [0.25, 0.3) is 0 Å². The van der Waals surface area contributed by atoms with E-state index in [9.17, 15) is 0 Å². The molecule has 94 valence electrons. The van der Waals surface area contributed by atoms with E-state index in [4.69, 9.17) is 16.3 Å². The van der Waals surface area contributed by atoms with Gasteiger partial charge >= 0.3 is 0 Å². The summed E-state index contributed by atoms with van der Waals surface area (Å²) in [6, 6.07) is 0. The summed E-state index contributed by atoms with van der Waals surface area (Å²) in [5.74, 6) is 3.09. The number of halogens is 1. The van der Waals surface area contributed by atoms with Crippen molar-refractivity contribution in [1.82, 2.24) is 9.97 Å². The number of aromatic nitrogens is 2. The molecule has 2 rings (SSSR count). The van der Waals surface area contributed by atoms with Crippen molar-refractivity contribution in [1.29, 1.82) is 0 Å². The summed E-state index contributed by atoms with van der Waals surface area (Å²) in [5.41, 5.74) is 1.02. The molecule has 17 heavy (non-hydrogen) atoms. The van der Waals surface area contributed by atoms with E-state index in [1.165, 1.54) is 6.42 Å². The minimum atomic E-state index is 0.663. The summed E-state index contributed by atoms with van der Waals surface area (Å²) in [6.07, 6.45) is 3.84. The largest absolute Gasteiger partial charge is 0.481 e. The molecule has 0 N–H and O–H groups in total. The Morgan fingerprint density at radius 2 is 2.35 bits per heavy atom. The Kier molecular flexibility index (Phi) is 4.05. The molecule has 0 spiro atoms. The molecule has 1 unspecified atom stereocenters. The molecule has 1 aromatic heterocycles. The van der Waals surface area contributed by atoms with E-state index >= 15 is 0 Å². The topological polar surface area (TPSA) is 38.3 Å². The number of alkyl halides is 1. The molecular formula is C12H18ClN3O. The molecule has 2 heterocycles. The summed E-state index contributed by atoms with van der Waals surface area (Å²) in [7, 11) is 1.64. The average Bonchev–Trinajstić information content (AvgIpc) is 2.78. The first-order valence-electron chi connectivity index (χ1n) is 5.92. The molecule has 1 saturated heterocycles. The quantitative estimate of drug-likeness (QED) is 0.774. The first kappa shape index (κ1) is 12.4. The van der Waals surface area contributed by atoms with E-state index in [1.807, 2.05) is 6.92 Å². The van der Waals surface area contributed by atoms with Gasteiger partial charge in [0.15, 0.2) is 0 Å². The highest BCUT2D eigenvalue weighted by Gasteiger charge is 2.25. The summed E-state index contributed by atoms with van der Waals surface area (Å²) >= 11 is 5.79. The van der Waals surface area contributed by atoms with Gasteiger partial charge in [0.1, 0.15) is 12.1 Å². The third-order valence-corrected chi connectivity index (χ3v) is 3.53. The van der Waals surface area contributed by atoms with Gasteiger partial charge in [-0.1, -0.05) is 0 Å². The summed E-state index contributed by atoms with van der Waals surface area (Å²) in [5, 5.41) is 0. The van der Waals surface area contributed by atoms with Gasteiger partial charge in [0, 0.05) is 19.0 Å². The van der Waals surface area contributed by atoms with E-state index in [1.54, 1.807) is 13.4 Å². The van der Waals surface area contributed by atoms with Crippen molar-refractivity contribution in [2.45, 2.75) is 19.8 Å². The Morgan fingerprint density at radius 3 is 3.06 bits per heavy atom. The van der Waals surface area contributed by atoms with E-state index in [-0.39, 0.29) is 0 Å². The number of hydrogen-bond acceptors (Lipinski definition) is 4. The lowest BCUT2D eigenvalue weighted by atomic mass is 10.1. The first-order chi connectivity index (χ1) is 8.26. The molecule has 4 nitrogen and oxygen atoms in total. The molecule has 1 aliphatic heterocycles. The predicted octanol–water partition coefficient (Wildman–Crippen LogP) is 2.25. The Hall–Kier alpha value is -1.03. The molecule has 1 fully saturated rings. The van der Waals surface area contributed by atoms with Crippen LogP contribution < -0.4 is 9.64 Å². The fraction of sp³-hybridized carbons (Fsp3) is 0.667. The highest BCUT2D eigenvalue weighted by Crippen LogP contribution is 2.29. The van der Waals surface area contributed by atoms with E-state index < -0.39 is 0 Å². The van der Waals surface area contributed by atoms with Gasteiger partial charge in [-0.3, -0.25) is 0 Å². The van der Waals surface area contributed by atoms with Crippen LogP contribution in [0.5, 0.6) is 5.88 Å². The number of nitrogens with zero attached hydrogens (tertiary/aromatic N) is 3. The van der Waals surface area contributed by atoms with Gasteiger partial charge in [-0.2, -0.15) is 0 Å². The van der Waals surface area contributed by atoms with Crippen LogP contribution in [0, 0.1) is 12.8 Å². The zero-order valence-corrected chi connectivity index (χ0v) is 11.1. The van der Waals surface area contributed by atoms with Gasteiger partial charge in [-0.15, -0.1) is 11.6 Å². The molecule has 5 heteroatoms. The molecule has 0 saturated carbocycles. The van der Waals surface area contributed by atoms with Gasteiger partial charge < -0.3 is 9.64 Å². The smallest absolute Gasteiger partial charge is 0.221 e. The fourth-order valence-corrected chi connectivity index (χ4v) is 2.67. The second-order valence-electron chi connectivity index (χ2n) is 4.41. The second-order valence-corrected chi connectivity index (χ2v) is 4.79. The molecule has 1 atom stereocenters. The average molecular weight is 256 g/mol. The summed E-state index contributed by atoms with van der Waals surface area (Å²) < 4.78 is 5.22. The van der Waals surface area contributed by atoms with E-state index in [0.717, 1.165) is 36.8 Å². The lowest BCUT2D eigenvalue weighted by Gasteiger charge is -2.20. The molecule has 0 aromatic carbocycles. The van der Waals surface area contributed by atoms with Gasteiger partial charge in [0.25, 0.3) is 0 Å². The fourth-order valence-electron chi connectivity index (χ4n) is 2.36. The molecular weight excluding hydrogens is 238 g/mol. The second kappa shape index (κ2) is 5.54. The van der Waals surface area contributed by atoms with Crippen LogP contribution in [-0.2, 0) is 0 Å². The van der Waals surface area contributed by atoms with Gasteiger partial charge in [0.2, 0.25) is 5.88 Å². The van der Waals surface area contributed by atoms with Gasteiger partial charge in [-0.25, -0.2) is 9.97 Å². The summed E-state index contributed by atoms with van der Waals surface area (Å²) in [4.78, 5) is 10.8. The van der Waals surface area contributed by atoms with E-state index in [2.05, 4.69) is 14.9 Å². The van der Waals surface area contributed by atoms with Crippen LogP contribution in [0.3, 0.4) is 0 Å². The SMILES string of the molecule is COc1ncnc(N2CCC(CCCl)C2)c1C. The van der Waals surface area contributed by atoms with Crippen molar-refractivity contribution in [2.24, 2.45) is 5.92 Å². The third-order valence-electron chi connectivity index (χ3n) is 3.31. The molecule has 0 radical (unpaired) electrons. The Labute approximate surface area is 107 Å². The van der Waals surface area contributed by atoms with Crippen LogP contribution in [-0.4, -0.2) is 36.0 Å². The Morgan fingerprint density at radius 1 is 1.53 bits per heavy atom. The summed E-state index contributed by atoms with van der Waals surface area (Å²) in [6.45, 7) is 4.08.